The third-order valence-electron chi connectivity index (χ3n) is 3.61. The fourth-order valence-electron chi connectivity index (χ4n) is 2.32. The van der Waals surface area contributed by atoms with E-state index in [2.05, 4.69) is 5.32 Å². The van der Waals surface area contributed by atoms with Crippen molar-refractivity contribution in [3.05, 3.63) is 65.2 Å². The Morgan fingerprint density at radius 3 is 2.70 bits per heavy atom. The maximum absolute atomic E-state index is 12.5. The van der Waals surface area contributed by atoms with E-state index in [0.717, 1.165) is 5.56 Å². The van der Waals surface area contributed by atoms with Gasteiger partial charge in [0.1, 0.15) is 16.9 Å². The van der Waals surface area contributed by atoms with E-state index in [1.54, 1.807) is 31.4 Å². The van der Waals surface area contributed by atoms with E-state index in [0.29, 0.717) is 22.4 Å². The van der Waals surface area contributed by atoms with Gasteiger partial charge in [-0.1, -0.05) is 18.2 Å². The molecule has 0 spiro atoms. The van der Waals surface area contributed by atoms with E-state index < -0.39 is 0 Å². The van der Waals surface area contributed by atoms with Crippen LogP contribution in [0.1, 0.15) is 15.9 Å². The second-order valence-electron chi connectivity index (χ2n) is 5.16. The number of amides is 1. The molecule has 1 amide bonds. The Hall–Kier alpha value is -3.08. The summed E-state index contributed by atoms with van der Waals surface area (Å²) in [5, 5.41) is 11.5. The van der Waals surface area contributed by atoms with Crippen LogP contribution < -0.4 is 15.6 Å². The van der Waals surface area contributed by atoms with Gasteiger partial charge in [0.15, 0.2) is 0 Å². The molecule has 5 nitrogen and oxygen atoms in total. The molecule has 5 heteroatoms. The number of ether oxygens (including phenoxy) is 1. The first kappa shape index (κ1) is 14.8. The lowest BCUT2D eigenvalue weighted by Gasteiger charge is -2.09. The quantitative estimate of drug-likeness (QED) is 0.777. The molecule has 0 atom stereocenters. The van der Waals surface area contributed by atoms with Crippen molar-refractivity contribution in [2.75, 3.05) is 12.4 Å². The highest BCUT2D eigenvalue weighted by atomic mass is 16.5. The zero-order valence-electron chi connectivity index (χ0n) is 12.8. The molecule has 0 saturated carbocycles. The second-order valence-corrected chi connectivity index (χ2v) is 5.16. The SMILES string of the molecule is COc1ccc2oc(=N)c(C(=O)Nc3ccccc3C)cc2c1. The van der Waals surface area contributed by atoms with Crippen molar-refractivity contribution >= 4 is 22.6 Å². The number of hydrogen-bond donors (Lipinski definition) is 2. The lowest BCUT2D eigenvalue weighted by atomic mass is 10.1. The first-order valence-electron chi connectivity index (χ1n) is 7.12. The average molecular weight is 308 g/mol. The van der Waals surface area contributed by atoms with E-state index in [9.17, 15) is 4.79 Å². The Morgan fingerprint density at radius 1 is 1.17 bits per heavy atom. The van der Waals surface area contributed by atoms with Gasteiger partial charge in [0.2, 0.25) is 5.55 Å². The van der Waals surface area contributed by atoms with Crippen LogP contribution in [0.3, 0.4) is 0 Å². The smallest absolute Gasteiger partial charge is 0.261 e. The number of methoxy groups -OCH3 is 1. The maximum Gasteiger partial charge on any atom is 0.261 e. The highest BCUT2D eigenvalue weighted by molar-refractivity contribution is 6.05. The monoisotopic (exact) mass is 308 g/mol. The minimum atomic E-state index is -0.377. The molecule has 0 aliphatic carbocycles. The first-order chi connectivity index (χ1) is 11.1. The molecule has 3 aromatic rings. The Labute approximate surface area is 133 Å². The van der Waals surface area contributed by atoms with E-state index in [1.807, 2.05) is 31.2 Å². The second kappa shape index (κ2) is 5.96. The van der Waals surface area contributed by atoms with Crippen LogP contribution in [-0.2, 0) is 0 Å². The molecule has 1 aromatic heterocycles. The van der Waals surface area contributed by atoms with E-state index in [4.69, 9.17) is 14.6 Å². The molecule has 1 heterocycles. The minimum Gasteiger partial charge on any atom is -0.497 e. The fourth-order valence-corrected chi connectivity index (χ4v) is 2.32. The lowest BCUT2D eigenvalue weighted by molar-refractivity contribution is 0.102. The summed E-state index contributed by atoms with van der Waals surface area (Å²) < 4.78 is 10.6. The predicted octanol–water partition coefficient (Wildman–Crippen LogP) is 3.48. The van der Waals surface area contributed by atoms with Crippen LogP contribution in [0.4, 0.5) is 5.69 Å². The predicted molar refractivity (Wildman–Crippen MR) is 87.8 cm³/mol. The average Bonchev–Trinajstić information content (AvgIpc) is 2.55. The molecule has 116 valence electrons. The number of carbonyl (C=O) groups excluding carboxylic acids is 1. The van der Waals surface area contributed by atoms with Gasteiger partial charge < -0.3 is 14.5 Å². The van der Waals surface area contributed by atoms with E-state index >= 15 is 0 Å². The molecular formula is C18H16N2O3. The number of hydrogen-bond acceptors (Lipinski definition) is 4. The molecule has 2 N–H and O–H groups in total. The van der Waals surface area contributed by atoms with Crippen molar-refractivity contribution in [2.45, 2.75) is 6.92 Å². The number of fused-ring (bicyclic) bond motifs is 1. The summed E-state index contributed by atoms with van der Waals surface area (Å²) in [5.74, 6) is 0.286. The minimum absolute atomic E-state index is 0.172. The van der Waals surface area contributed by atoms with Gasteiger partial charge in [-0.05, 0) is 42.8 Å². The Morgan fingerprint density at radius 2 is 1.96 bits per heavy atom. The summed E-state index contributed by atoms with van der Waals surface area (Å²) in [7, 11) is 1.57. The highest BCUT2D eigenvalue weighted by Crippen LogP contribution is 2.21. The van der Waals surface area contributed by atoms with Gasteiger partial charge >= 0.3 is 0 Å². The number of para-hydroxylation sites is 1. The Balaban J connectivity index is 2.01. The normalized spacial score (nSPS) is 10.5. The third kappa shape index (κ3) is 2.94. The molecule has 0 fully saturated rings. The molecule has 0 saturated heterocycles. The van der Waals surface area contributed by atoms with E-state index in [-0.39, 0.29) is 17.0 Å². The number of nitrogens with one attached hydrogen (secondary N) is 2. The number of aryl methyl sites for hydroxylation is 1. The molecule has 2 aromatic carbocycles. The number of anilines is 1. The van der Waals surface area contributed by atoms with Gasteiger partial charge in [0.25, 0.3) is 5.91 Å². The van der Waals surface area contributed by atoms with Gasteiger partial charge in [0, 0.05) is 11.1 Å². The molecule has 0 bridgehead atoms. The van der Waals surface area contributed by atoms with Crippen molar-refractivity contribution in [2.24, 2.45) is 0 Å². The van der Waals surface area contributed by atoms with Crippen LogP contribution >= 0.6 is 0 Å². The Kier molecular flexibility index (Phi) is 3.85. The van der Waals surface area contributed by atoms with Crippen molar-refractivity contribution in [3.63, 3.8) is 0 Å². The van der Waals surface area contributed by atoms with Crippen molar-refractivity contribution in [1.82, 2.24) is 0 Å². The van der Waals surface area contributed by atoms with Crippen molar-refractivity contribution in [1.29, 1.82) is 5.41 Å². The zero-order valence-corrected chi connectivity index (χ0v) is 12.8. The van der Waals surface area contributed by atoms with Gasteiger partial charge in [-0.25, -0.2) is 0 Å². The summed E-state index contributed by atoms with van der Waals surface area (Å²) in [4.78, 5) is 12.5. The standard InChI is InChI=1S/C18H16N2O3/c1-11-5-3-4-6-15(11)20-18(21)14-10-12-9-13(22-2)7-8-16(12)23-17(14)19/h3-10,19H,1-2H3,(H,20,21). The van der Waals surface area contributed by atoms with Crippen LogP contribution in [0.5, 0.6) is 5.75 Å². The molecule has 0 aliphatic rings. The largest absolute Gasteiger partial charge is 0.497 e. The molecule has 23 heavy (non-hydrogen) atoms. The van der Waals surface area contributed by atoms with Gasteiger partial charge in [-0.3, -0.25) is 10.2 Å². The van der Waals surface area contributed by atoms with Crippen LogP contribution in [0, 0.1) is 12.3 Å². The van der Waals surface area contributed by atoms with Gasteiger partial charge in [-0.15, -0.1) is 0 Å². The maximum atomic E-state index is 12.5. The van der Waals surface area contributed by atoms with Crippen LogP contribution in [0.15, 0.2) is 52.9 Å². The first-order valence-corrected chi connectivity index (χ1v) is 7.12. The molecular weight excluding hydrogens is 292 g/mol. The molecule has 0 unspecified atom stereocenters. The summed E-state index contributed by atoms with van der Waals surface area (Å²) in [5.41, 5.74) is 2.19. The highest BCUT2D eigenvalue weighted by Gasteiger charge is 2.13. The Bertz CT molecular complexity index is 944. The van der Waals surface area contributed by atoms with Crippen LogP contribution in [0.2, 0.25) is 0 Å². The van der Waals surface area contributed by atoms with Gasteiger partial charge in [-0.2, -0.15) is 0 Å². The van der Waals surface area contributed by atoms with Crippen LogP contribution in [-0.4, -0.2) is 13.0 Å². The third-order valence-corrected chi connectivity index (χ3v) is 3.61. The summed E-state index contributed by atoms with van der Waals surface area (Å²) >= 11 is 0. The summed E-state index contributed by atoms with van der Waals surface area (Å²) in [6.07, 6.45) is 0. The lowest BCUT2D eigenvalue weighted by Crippen LogP contribution is -2.21. The fraction of sp³-hybridized carbons (Fsp3) is 0.111. The van der Waals surface area contributed by atoms with Gasteiger partial charge in [0.05, 0.1) is 7.11 Å². The summed E-state index contributed by atoms with van der Waals surface area (Å²) in [6, 6.07) is 14.3. The number of rotatable bonds is 3. The van der Waals surface area contributed by atoms with Crippen molar-refractivity contribution < 1.29 is 13.9 Å². The number of carbonyl (C=O) groups is 1. The zero-order chi connectivity index (χ0) is 16.4. The number of benzene rings is 2. The van der Waals surface area contributed by atoms with E-state index in [1.165, 1.54) is 0 Å². The summed E-state index contributed by atoms with van der Waals surface area (Å²) in [6.45, 7) is 1.91. The topological polar surface area (TPSA) is 75.3 Å². The molecule has 0 radical (unpaired) electrons. The molecule has 0 aliphatic heterocycles. The van der Waals surface area contributed by atoms with Crippen LogP contribution in [0.25, 0.3) is 11.0 Å². The molecule has 3 rings (SSSR count). The van der Waals surface area contributed by atoms with Crippen molar-refractivity contribution in [3.8, 4) is 5.75 Å².